The molecule has 1 aromatic carbocycles. The molecule has 1 unspecified atom stereocenters. The summed E-state index contributed by atoms with van der Waals surface area (Å²) in [6, 6.07) is 8.22. The molecule has 0 bridgehead atoms. The second-order valence-corrected chi connectivity index (χ2v) is 7.03. The fraction of sp³-hybridized carbons (Fsp3) is 0.474. The second-order valence-electron chi connectivity index (χ2n) is 7.03. The molecule has 0 aliphatic carbocycles. The molecule has 6 nitrogen and oxygen atoms in total. The molecule has 1 aromatic heterocycles. The van der Waals surface area contributed by atoms with E-state index in [1.54, 1.807) is 6.07 Å². The molecular weight excluding hydrogens is 350 g/mol. The maximum Gasteiger partial charge on any atom is 0.276 e. The molecule has 2 heterocycles. The minimum atomic E-state index is -0.161. The highest BCUT2D eigenvalue weighted by Gasteiger charge is 2.18. The summed E-state index contributed by atoms with van der Waals surface area (Å²) >= 11 is 0. The highest BCUT2D eigenvalue weighted by molar-refractivity contribution is 6.03. The third-order valence-electron chi connectivity index (χ3n) is 4.48. The molecule has 26 heavy (non-hydrogen) atoms. The number of piperidine rings is 1. The van der Waals surface area contributed by atoms with Gasteiger partial charge in [0.2, 0.25) is 0 Å². The van der Waals surface area contributed by atoms with Gasteiger partial charge in [-0.2, -0.15) is 5.10 Å². The van der Waals surface area contributed by atoms with Crippen LogP contribution in [-0.2, 0) is 6.54 Å². The van der Waals surface area contributed by atoms with E-state index < -0.39 is 0 Å². The maximum absolute atomic E-state index is 12.6. The largest absolute Gasteiger partial charge is 0.320 e. The van der Waals surface area contributed by atoms with Gasteiger partial charge in [-0.3, -0.25) is 9.48 Å². The van der Waals surface area contributed by atoms with Crippen molar-refractivity contribution in [2.24, 2.45) is 0 Å². The molecule has 142 valence electrons. The van der Waals surface area contributed by atoms with Crippen LogP contribution in [0.3, 0.4) is 0 Å². The zero-order chi connectivity index (χ0) is 17.8. The van der Waals surface area contributed by atoms with Crippen molar-refractivity contribution < 1.29 is 4.79 Å². The van der Waals surface area contributed by atoms with Gasteiger partial charge in [0.05, 0.1) is 6.04 Å². The normalized spacial score (nSPS) is 17.0. The van der Waals surface area contributed by atoms with Crippen LogP contribution in [0.5, 0.6) is 0 Å². The monoisotopic (exact) mass is 377 g/mol. The smallest absolute Gasteiger partial charge is 0.276 e. The maximum atomic E-state index is 12.6. The number of aryl methyl sites for hydroxylation is 1. The standard InChI is InChI=1S/C19H27N5O.ClH/c1-14-6-7-17(15(11-14)13-23(2)3)21-19(25)18-8-10-24(22-18)16-5-4-9-20-12-16;/h6-8,10-11,16,20H,4-5,9,12-13H2,1-3H3,(H,21,25);1H. The quantitative estimate of drug-likeness (QED) is 0.841. The molecule has 1 atom stereocenters. The molecular formula is C19H28ClN5O. The number of hydrogen-bond acceptors (Lipinski definition) is 4. The van der Waals surface area contributed by atoms with Gasteiger partial charge in [-0.05, 0) is 58.1 Å². The Morgan fingerprint density at radius 3 is 2.88 bits per heavy atom. The fourth-order valence-electron chi connectivity index (χ4n) is 3.22. The molecule has 0 radical (unpaired) electrons. The van der Waals surface area contributed by atoms with E-state index in [0.29, 0.717) is 11.7 Å². The third kappa shape index (κ3) is 5.06. The highest BCUT2D eigenvalue weighted by atomic mass is 35.5. The number of benzene rings is 1. The summed E-state index contributed by atoms with van der Waals surface area (Å²) in [5.41, 5.74) is 3.60. The van der Waals surface area contributed by atoms with E-state index in [9.17, 15) is 4.79 Å². The lowest BCUT2D eigenvalue weighted by molar-refractivity contribution is 0.102. The zero-order valence-corrected chi connectivity index (χ0v) is 16.5. The molecule has 1 saturated heterocycles. The van der Waals surface area contributed by atoms with Crippen LogP contribution in [0.25, 0.3) is 0 Å². The molecule has 2 aromatic rings. The molecule has 0 spiro atoms. The van der Waals surface area contributed by atoms with Gasteiger partial charge >= 0.3 is 0 Å². The number of nitrogens with one attached hydrogen (secondary N) is 2. The van der Waals surface area contributed by atoms with E-state index in [1.807, 2.05) is 37.1 Å². The van der Waals surface area contributed by atoms with E-state index in [1.165, 1.54) is 5.56 Å². The van der Waals surface area contributed by atoms with Crippen LogP contribution in [0.1, 0.15) is 40.5 Å². The lowest BCUT2D eigenvalue weighted by Crippen LogP contribution is -2.32. The van der Waals surface area contributed by atoms with Crippen molar-refractivity contribution in [3.05, 3.63) is 47.3 Å². The number of rotatable bonds is 5. The SMILES string of the molecule is Cc1ccc(NC(=O)c2ccn(C3CCCNC3)n2)c(CN(C)C)c1.Cl. The van der Waals surface area contributed by atoms with Crippen LogP contribution in [0, 0.1) is 6.92 Å². The van der Waals surface area contributed by atoms with E-state index in [-0.39, 0.29) is 18.3 Å². The van der Waals surface area contributed by atoms with Crippen LogP contribution in [-0.4, -0.2) is 47.8 Å². The van der Waals surface area contributed by atoms with E-state index in [0.717, 1.165) is 43.7 Å². The average Bonchev–Trinajstić information content (AvgIpc) is 3.08. The summed E-state index contributed by atoms with van der Waals surface area (Å²) in [6.45, 7) is 4.81. The molecule has 1 aliphatic heterocycles. The first kappa shape index (κ1) is 20.4. The van der Waals surface area contributed by atoms with Gasteiger partial charge in [-0.15, -0.1) is 12.4 Å². The molecule has 1 fully saturated rings. The molecule has 0 saturated carbocycles. The Kier molecular flexibility index (Phi) is 7.20. The first-order valence-corrected chi connectivity index (χ1v) is 8.84. The number of halogens is 1. The predicted molar refractivity (Wildman–Crippen MR) is 107 cm³/mol. The topological polar surface area (TPSA) is 62.2 Å². The summed E-state index contributed by atoms with van der Waals surface area (Å²) in [6.07, 6.45) is 4.15. The number of amides is 1. The predicted octanol–water partition coefficient (Wildman–Crippen LogP) is 2.85. The summed E-state index contributed by atoms with van der Waals surface area (Å²) in [4.78, 5) is 14.7. The van der Waals surface area contributed by atoms with Crippen LogP contribution in [0.2, 0.25) is 0 Å². The van der Waals surface area contributed by atoms with Crippen molar-refractivity contribution in [3.8, 4) is 0 Å². The zero-order valence-electron chi connectivity index (χ0n) is 15.7. The van der Waals surface area contributed by atoms with Crippen LogP contribution >= 0.6 is 12.4 Å². The van der Waals surface area contributed by atoms with Gasteiger partial charge in [-0.1, -0.05) is 17.7 Å². The molecule has 1 amide bonds. The summed E-state index contributed by atoms with van der Waals surface area (Å²) in [5.74, 6) is -0.161. The van der Waals surface area contributed by atoms with Gasteiger partial charge in [-0.25, -0.2) is 0 Å². The van der Waals surface area contributed by atoms with E-state index >= 15 is 0 Å². The lowest BCUT2D eigenvalue weighted by Gasteiger charge is -2.22. The molecule has 1 aliphatic rings. The second kappa shape index (κ2) is 9.16. The number of hydrogen-bond donors (Lipinski definition) is 2. The Labute approximate surface area is 161 Å². The minimum Gasteiger partial charge on any atom is -0.320 e. The number of nitrogens with zero attached hydrogens (tertiary/aromatic N) is 3. The fourth-order valence-corrected chi connectivity index (χ4v) is 3.22. The van der Waals surface area contributed by atoms with E-state index in [4.69, 9.17) is 0 Å². The average molecular weight is 378 g/mol. The van der Waals surface area contributed by atoms with Crippen LogP contribution in [0.15, 0.2) is 30.5 Å². The third-order valence-corrected chi connectivity index (χ3v) is 4.48. The van der Waals surface area contributed by atoms with Crippen molar-refractivity contribution in [1.82, 2.24) is 20.0 Å². The first-order chi connectivity index (χ1) is 12.0. The summed E-state index contributed by atoms with van der Waals surface area (Å²) in [7, 11) is 4.04. The van der Waals surface area contributed by atoms with Gasteiger partial charge in [0.15, 0.2) is 5.69 Å². The van der Waals surface area contributed by atoms with Crippen molar-refractivity contribution in [2.45, 2.75) is 32.4 Å². The highest BCUT2D eigenvalue weighted by Crippen LogP contribution is 2.20. The van der Waals surface area contributed by atoms with Crippen molar-refractivity contribution in [2.75, 3.05) is 32.5 Å². The Bertz CT molecular complexity index is 737. The summed E-state index contributed by atoms with van der Waals surface area (Å²) in [5, 5.41) is 10.9. The Morgan fingerprint density at radius 2 is 2.19 bits per heavy atom. The van der Waals surface area contributed by atoms with Gasteiger partial charge in [0.25, 0.3) is 5.91 Å². The minimum absolute atomic E-state index is 0. The number of anilines is 1. The summed E-state index contributed by atoms with van der Waals surface area (Å²) < 4.78 is 1.91. The Morgan fingerprint density at radius 1 is 1.38 bits per heavy atom. The molecule has 7 heteroatoms. The Balaban J connectivity index is 0.00000243. The van der Waals surface area contributed by atoms with Gasteiger partial charge < -0.3 is 15.5 Å². The van der Waals surface area contributed by atoms with Crippen LogP contribution < -0.4 is 10.6 Å². The van der Waals surface area contributed by atoms with Crippen LogP contribution in [0.4, 0.5) is 5.69 Å². The van der Waals surface area contributed by atoms with E-state index in [2.05, 4.69) is 33.6 Å². The molecule has 2 N–H and O–H groups in total. The van der Waals surface area contributed by atoms with Crippen molar-refractivity contribution in [1.29, 1.82) is 0 Å². The molecule has 3 rings (SSSR count). The number of aromatic nitrogens is 2. The lowest BCUT2D eigenvalue weighted by atomic mass is 10.1. The van der Waals surface area contributed by atoms with Crippen molar-refractivity contribution in [3.63, 3.8) is 0 Å². The Hall–Kier alpha value is -1.89. The van der Waals surface area contributed by atoms with Gasteiger partial charge in [0.1, 0.15) is 0 Å². The number of carbonyl (C=O) groups excluding carboxylic acids is 1. The van der Waals surface area contributed by atoms with Gasteiger partial charge in [0, 0.05) is 25.0 Å². The van der Waals surface area contributed by atoms with Crippen molar-refractivity contribution >= 4 is 24.0 Å². The first-order valence-electron chi connectivity index (χ1n) is 8.84. The number of carbonyl (C=O) groups is 1.